The van der Waals surface area contributed by atoms with E-state index < -0.39 is 0 Å². The Bertz CT molecular complexity index is 483. The number of hydrogen-bond donors (Lipinski definition) is 2. The first kappa shape index (κ1) is 13.7. The molecule has 0 saturated heterocycles. The van der Waals surface area contributed by atoms with Crippen molar-refractivity contribution in [3.63, 3.8) is 0 Å². The van der Waals surface area contributed by atoms with Gasteiger partial charge >= 0.3 is 0 Å². The molecule has 4 heteroatoms. The highest BCUT2D eigenvalue weighted by atomic mass is 16.5. The average Bonchev–Trinajstić information content (AvgIpc) is 2.68. The molecule has 1 amide bonds. The number of nitrogens with one attached hydrogen (secondary N) is 1. The molecule has 1 fully saturated rings. The van der Waals surface area contributed by atoms with Crippen molar-refractivity contribution in [3.8, 4) is 5.75 Å². The van der Waals surface area contributed by atoms with Gasteiger partial charge in [-0.25, -0.2) is 0 Å². The summed E-state index contributed by atoms with van der Waals surface area (Å²) in [6.45, 7) is 4.39. The summed E-state index contributed by atoms with van der Waals surface area (Å²) in [5.41, 5.74) is 6.97. The van der Waals surface area contributed by atoms with Gasteiger partial charge in [0.1, 0.15) is 0 Å². The molecule has 0 aromatic heterocycles. The van der Waals surface area contributed by atoms with E-state index in [-0.39, 0.29) is 17.4 Å². The van der Waals surface area contributed by atoms with Crippen molar-refractivity contribution in [1.29, 1.82) is 0 Å². The summed E-state index contributed by atoms with van der Waals surface area (Å²) in [5, 5.41) is 3.11. The summed E-state index contributed by atoms with van der Waals surface area (Å²) in [4.78, 5) is 12.4. The van der Waals surface area contributed by atoms with Crippen LogP contribution in [0.25, 0.3) is 0 Å². The molecule has 1 aromatic rings. The molecule has 0 radical (unpaired) electrons. The quantitative estimate of drug-likeness (QED) is 0.823. The number of ether oxygens (including phenoxy) is 1. The summed E-state index contributed by atoms with van der Waals surface area (Å²) in [5.74, 6) is 0.347. The molecule has 0 spiro atoms. The first-order valence-corrected chi connectivity index (χ1v) is 6.69. The van der Waals surface area contributed by atoms with Crippen LogP contribution in [0.3, 0.4) is 0 Å². The van der Waals surface area contributed by atoms with Crippen LogP contribution in [-0.2, 0) is 0 Å². The number of carbonyl (C=O) groups excluding carboxylic acids is 1. The number of rotatable bonds is 3. The maximum Gasteiger partial charge on any atom is 0.255 e. The minimum Gasteiger partial charge on any atom is -0.494 e. The first-order chi connectivity index (χ1) is 8.95. The van der Waals surface area contributed by atoms with E-state index in [1.165, 1.54) is 7.11 Å². The van der Waals surface area contributed by atoms with E-state index in [0.717, 1.165) is 19.3 Å². The minimum atomic E-state index is -0.107. The highest BCUT2D eigenvalue weighted by Crippen LogP contribution is 2.37. The summed E-state index contributed by atoms with van der Waals surface area (Å²) in [7, 11) is 1.53. The Morgan fingerprint density at radius 2 is 2.21 bits per heavy atom. The molecule has 104 valence electrons. The lowest BCUT2D eigenvalue weighted by atomic mass is 9.87. The van der Waals surface area contributed by atoms with Gasteiger partial charge in [-0.1, -0.05) is 26.3 Å². The predicted octanol–water partition coefficient (Wildman–Crippen LogP) is 2.59. The van der Waals surface area contributed by atoms with Crippen molar-refractivity contribution < 1.29 is 9.53 Å². The van der Waals surface area contributed by atoms with Crippen molar-refractivity contribution >= 4 is 11.6 Å². The molecule has 19 heavy (non-hydrogen) atoms. The van der Waals surface area contributed by atoms with Gasteiger partial charge in [-0.05, 0) is 30.4 Å². The van der Waals surface area contributed by atoms with Crippen LogP contribution >= 0.6 is 0 Å². The van der Waals surface area contributed by atoms with Gasteiger partial charge in [-0.15, -0.1) is 0 Å². The Labute approximate surface area is 114 Å². The summed E-state index contributed by atoms with van der Waals surface area (Å²) < 4.78 is 5.23. The zero-order valence-corrected chi connectivity index (χ0v) is 11.8. The topological polar surface area (TPSA) is 64.3 Å². The van der Waals surface area contributed by atoms with E-state index in [9.17, 15) is 4.79 Å². The number of anilines is 1. The lowest BCUT2D eigenvalue weighted by Gasteiger charge is -2.28. The predicted molar refractivity (Wildman–Crippen MR) is 76.3 cm³/mol. The van der Waals surface area contributed by atoms with Gasteiger partial charge < -0.3 is 15.8 Å². The van der Waals surface area contributed by atoms with Gasteiger partial charge in [0.25, 0.3) is 5.91 Å². The van der Waals surface area contributed by atoms with Gasteiger partial charge in [0.15, 0.2) is 5.75 Å². The fourth-order valence-electron chi connectivity index (χ4n) is 2.79. The normalized spacial score (nSPS) is 21.1. The lowest BCUT2D eigenvalue weighted by Crippen LogP contribution is -2.41. The Morgan fingerprint density at radius 3 is 2.79 bits per heavy atom. The third-order valence-electron chi connectivity index (χ3n) is 4.06. The number of nitrogen functional groups attached to an aromatic ring is 1. The van der Waals surface area contributed by atoms with E-state index in [1.54, 1.807) is 18.2 Å². The molecule has 3 N–H and O–H groups in total. The molecule has 1 atom stereocenters. The standard InChI is InChI=1S/C15H22N2O2/c1-15(2)9-5-8-12(15)17-14(18)10-6-4-7-11(16)13(10)19-3/h4,6-7,12H,5,8-9,16H2,1-3H3,(H,17,18). The molecule has 0 bridgehead atoms. The molecule has 4 nitrogen and oxygen atoms in total. The largest absolute Gasteiger partial charge is 0.494 e. The van der Waals surface area contributed by atoms with E-state index in [4.69, 9.17) is 10.5 Å². The Balaban J connectivity index is 2.19. The second kappa shape index (κ2) is 5.11. The summed E-state index contributed by atoms with van der Waals surface area (Å²) >= 11 is 0. The first-order valence-electron chi connectivity index (χ1n) is 6.69. The minimum absolute atomic E-state index is 0.107. The number of benzene rings is 1. The second-order valence-corrected chi connectivity index (χ2v) is 5.83. The second-order valence-electron chi connectivity index (χ2n) is 5.83. The zero-order chi connectivity index (χ0) is 14.0. The monoisotopic (exact) mass is 262 g/mol. The van der Waals surface area contributed by atoms with E-state index in [1.807, 2.05) is 0 Å². The highest BCUT2D eigenvalue weighted by Gasteiger charge is 2.35. The summed E-state index contributed by atoms with van der Waals surface area (Å²) in [6.07, 6.45) is 3.33. The van der Waals surface area contributed by atoms with E-state index in [0.29, 0.717) is 17.0 Å². The van der Waals surface area contributed by atoms with Gasteiger partial charge in [-0.2, -0.15) is 0 Å². The van der Waals surface area contributed by atoms with E-state index >= 15 is 0 Å². The fraction of sp³-hybridized carbons (Fsp3) is 0.533. The van der Waals surface area contributed by atoms with Crippen molar-refractivity contribution in [1.82, 2.24) is 5.32 Å². The highest BCUT2D eigenvalue weighted by molar-refractivity contribution is 5.98. The molecule has 1 unspecified atom stereocenters. The van der Waals surface area contributed by atoms with Gasteiger partial charge in [0, 0.05) is 6.04 Å². The Kier molecular flexibility index (Phi) is 3.69. The third-order valence-corrected chi connectivity index (χ3v) is 4.06. The molecule has 1 aliphatic rings. The van der Waals surface area contributed by atoms with Crippen LogP contribution in [0, 0.1) is 5.41 Å². The number of methoxy groups -OCH3 is 1. The maximum atomic E-state index is 12.4. The van der Waals surface area contributed by atoms with Gasteiger partial charge in [0.2, 0.25) is 0 Å². The molecule has 1 aromatic carbocycles. The lowest BCUT2D eigenvalue weighted by molar-refractivity contribution is 0.0907. The Hall–Kier alpha value is -1.71. The van der Waals surface area contributed by atoms with Crippen molar-refractivity contribution in [3.05, 3.63) is 23.8 Å². The number of carbonyl (C=O) groups is 1. The van der Waals surface area contributed by atoms with Gasteiger partial charge in [-0.3, -0.25) is 4.79 Å². The molecule has 0 heterocycles. The van der Waals surface area contributed by atoms with Crippen LogP contribution in [0.15, 0.2) is 18.2 Å². The SMILES string of the molecule is COc1c(N)cccc1C(=O)NC1CCCC1(C)C. The number of nitrogens with two attached hydrogens (primary N) is 1. The smallest absolute Gasteiger partial charge is 0.255 e. The summed E-state index contributed by atoms with van der Waals surface area (Å²) in [6, 6.07) is 5.46. The molecule has 1 aliphatic carbocycles. The van der Waals surface area contributed by atoms with Crippen molar-refractivity contribution in [2.45, 2.75) is 39.2 Å². The number of hydrogen-bond acceptors (Lipinski definition) is 3. The van der Waals surface area contributed by atoms with Crippen LogP contribution < -0.4 is 15.8 Å². The third kappa shape index (κ3) is 2.67. The average molecular weight is 262 g/mol. The molecular weight excluding hydrogens is 240 g/mol. The van der Waals surface area contributed by atoms with Crippen LogP contribution in [0.5, 0.6) is 5.75 Å². The van der Waals surface area contributed by atoms with Crippen molar-refractivity contribution in [2.75, 3.05) is 12.8 Å². The van der Waals surface area contributed by atoms with Gasteiger partial charge in [0.05, 0.1) is 18.4 Å². The molecule has 2 rings (SSSR count). The number of para-hydroxylation sites is 1. The molecular formula is C15H22N2O2. The van der Waals surface area contributed by atoms with Crippen LogP contribution in [0.4, 0.5) is 5.69 Å². The van der Waals surface area contributed by atoms with E-state index in [2.05, 4.69) is 19.2 Å². The molecule has 0 aliphatic heterocycles. The van der Waals surface area contributed by atoms with Crippen LogP contribution in [0.1, 0.15) is 43.5 Å². The Morgan fingerprint density at radius 1 is 1.47 bits per heavy atom. The maximum absolute atomic E-state index is 12.4. The number of amides is 1. The van der Waals surface area contributed by atoms with Crippen LogP contribution in [0.2, 0.25) is 0 Å². The van der Waals surface area contributed by atoms with Crippen molar-refractivity contribution in [2.24, 2.45) is 5.41 Å². The zero-order valence-electron chi connectivity index (χ0n) is 11.8. The fourth-order valence-corrected chi connectivity index (χ4v) is 2.79. The molecule has 1 saturated carbocycles. The van der Waals surface area contributed by atoms with Crippen LogP contribution in [-0.4, -0.2) is 19.1 Å².